The molecule has 0 rings (SSSR count). The Morgan fingerprint density at radius 2 is 2.38 bits per heavy atom. The molecule has 0 unspecified atom stereocenters. The zero-order valence-corrected chi connectivity index (χ0v) is 8.30. The monoisotopic (exact) mass is 144 g/mol. The van der Waals surface area contributed by atoms with Crippen LogP contribution in [0, 0.1) is 0 Å². The van der Waals surface area contributed by atoms with Gasteiger partial charge < -0.3 is 11.3 Å². The van der Waals surface area contributed by atoms with Gasteiger partial charge in [-0.15, -0.1) is 0 Å². The van der Waals surface area contributed by atoms with Gasteiger partial charge in [0.2, 0.25) is 0 Å². The fourth-order valence-corrected chi connectivity index (χ4v) is 0.174. The molecule has 0 saturated carbocycles. The van der Waals surface area contributed by atoms with Gasteiger partial charge in [-0.1, -0.05) is 6.92 Å². The zero-order chi connectivity index (χ0) is 5.70. The van der Waals surface area contributed by atoms with E-state index in [1.807, 2.05) is 0 Å². The first-order valence-electron chi connectivity index (χ1n) is 2.07. The van der Waals surface area contributed by atoms with E-state index in [4.69, 9.17) is 5.11 Å². The number of hydrogen-bond acceptors (Lipinski definition) is 3. The normalized spacial score (nSPS) is 7.25. The van der Waals surface area contributed by atoms with Crippen molar-refractivity contribution in [2.75, 3.05) is 6.79 Å². The molecule has 0 saturated heterocycles. The average molecular weight is 144 g/mol. The molecule has 0 aliphatic heterocycles. The number of aliphatic hydroxyl groups is 1. The summed E-state index contributed by atoms with van der Waals surface area (Å²) in [5.74, 6) is -0.373. The van der Waals surface area contributed by atoms with E-state index in [-0.39, 0.29) is 58.8 Å². The van der Waals surface area contributed by atoms with Crippen LogP contribution in [0.3, 0.4) is 0 Å². The quantitative estimate of drug-likeness (QED) is 0.255. The molecule has 1 N–H and O–H groups in total. The van der Waals surface area contributed by atoms with Crippen molar-refractivity contribution in [2.45, 2.75) is 13.3 Å². The summed E-state index contributed by atoms with van der Waals surface area (Å²) in [5, 5.41) is 7.92. The number of rotatable bonds is 2. The standard InChI is InChI=1S/C4H8O3.K.H/c1-2-4(6)7-3-5;;/h5H,2-3H2,1H3;;/q;+1;-1. The Hall–Kier alpha value is 1.07. The molecule has 0 heterocycles. The van der Waals surface area contributed by atoms with Crippen LogP contribution in [0.4, 0.5) is 0 Å². The van der Waals surface area contributed by atoms with Crippen LogP contribution in [0.2, 0.25) is 0 Å². The molecule has 0 atom stereocenters. The molecule has 0 aliphatic rings. The Bertz CT molecular complexity index is 68.8. The van der Waals surface area contributed by atoms with Gasteiger partial charge in [-0.05, 0) is 0 Å². The van der Waals surface area contributed by atoms with Crippen LogP contribution in [0.25, 0.3) is 0 Å². The average Bonchev–Trinajstić information content (AvgIpc) is 1.68. The minimum atomic E-state index is -0.507. The third-order valence-electron chi connectivity index (χ3n) is 0.514. The van der Waals surface area contributed by atoms with E-state index >= 15 is 0 Å². The summed E-state index contributed by atoms with van der Waals surface area (Å²) in [6.07, 6.45) is 0.320. The Labute approximate surface area is 92.3 Å². The van der Waals surface area contributed by atoms with Crippen molar-refractivity contribution >= 4 is 5.97 Å². The van der Waals surface area contributed by atoms with Crippen molar-refractivity contribution in [3.8, 4) is 0 Å². The summed E-state index contributed by atoms with van der Waals surface area (Å²) in [6, 6.07) is 0. The summed E-state index contributed by atoms with van der Waals surface area (Å²) >= 11 is 0. The van der Waals surface area contributed by atoms with Crippen LogP contribution in [0.15, 0.2) is 0 Å². The molecule has 0 spiro atoms. The summed E-state index contributed by atoms with van der Waals surface area (Å²) in [5.41, 5.74) is 0. The smallest absolute Gasteiger partial charge is 1.00 e. The molecule has 0 radical (unpaired) electrons. The molecule has 0 aromatic carbocycles. The van der Waals surface area contributed by atoms with Crippen molar-refractivity contribution in [1.29, 1.82) is 0 Å². The van der Waals surface area contributed by atoms with E-state index in [0.717, 1.165) is 0 Å². The molecule has 0 fully saturated rings. The number of carbonyl (C=O) groups excluding carboxylic acids is 1. The van der Waals surface area contributed by atoms with Crippen molar-refractivity contribution in [1.82, 2.24) is 0 Å². The zero-order valence-electron chi connectivity index (χ0n) is 6.18. The van der Waals surface area contributed by atoms with Crippen LogP contribution >= 0.6 is 0 Å². The predicted molar refractivity (Wildman–Crippen MR) is 24.6 cm³/mol. The van der Waals surface area contributed by atoms with E-state index in [1.54, 1.807) is 6.92 Å². The van der Waals surface area contributed by atoms with Crippen molar-refractivity contribution in [3.63, 3.8) is 0 Å². The van der Waals surface area contributed by atoms with Crippen LogP contribution in [0.5, 0.6) is 0 Å². The van der Waals surface area contributed by atoms with Gasteiger partial charge in [0.1, 0.15) is 0 Å². The third kappa shape index (κ3) is 7.07. The van der Waals surface area contributed by atoms with Crippen LogP contribution in [-0.4, -0.2) is 17.9 Å². The van der Waals surface area contributed by atoms with E-state index in [1.165, 1.54) is 0 Å². The van der Waals surface area contributed by atoms with Gasteiger partial charge in [0.15, 0.2) is 6.79 Å². The first-order valence-corrected chi connectivity index (χ1v) is 2.07. The molecule has 0 aromatic heterocycles. The van der Waals surface area contributed by atoms with Gasteiger partial charge in [-0.25, -0.2) is 0 Å². The number of carbonyl (C=O) groups is 1. The van der Waals surface area contributed by atoms with E-state index in [2.05, 4.69) is 4.74 Å². The summed E-state index contributed by atoms with van der Waals surface area (Å²) < 4.78 is 4.11. The fourth-order valence-electron chi connectivity index (χ4n) is 0.174. The summed E-state index contributed by atoms with van der Waals surface area (Å²) in [6.45, 7) is 1.16. The van der Waals surface area contributed by atoms with Crippen molar-refractivity contribution in [3.05, 3.63) is 0 Å². The molecule has 44 valence electrons. The SMILES string of the molecule is CCC(=O)OCO.[H-].[K+]. The molecule has 0 bridgehead atoms. The van der Waals surface area contributed by atoms with Crippen molar-refractivity contribution in [2.24, 2.45) is 0 Å². The Morgan fingerprint density at radius 3 is 2.50 bits per heavy atom. The minimum absolute atomic E-state index is 0. The number of aliphatic hydroxyl groups excluding tert-OH is 1. The molecule has 4 heteroatoms. The Morgan fingerprint density at radius 1 is 1.88 bits per heavy atom. The second-order valence-corrected chi connectivity index (χ2v) is 0.999. The third-order valence-corrected chi connectivity index (χ3v) is 0.514. The topological polar surface area (TPSA) is 46.5 Å². The second kappa shape index (κ2) is 8.07. The maximum atomic E-state index is 10.0. The minimum Gasteiger partial charge on any atom is -1.00 e. The Kier molecular flexibility index (Phi) is 11.9. The first kappa shape index (κ1) is 11.8. The van der Waals surface area contributed by atoms with Gasteiger partial charge in [0, 0.05) is 6.42 Å². The molecule has 0 aliphatic carbocycles. The van der Waals surface area contributed by atoms with Gasteiger partial charge in [-0.2, -0.15) is 0 Å². The molecule has 8 heavy (non-hydrogen) atoms. The number of esters is 1. The molecular formula is C4H9KO3. The Balaban J connectivity index is -0.000000180. The van der Waals surface area contributed by atoms with Gasteiger partial charge >= 0.3 is 57.4 Å². The van der Waals surface area contributed by atoms with E-state index in [0.29, 0.717) is 6.42 Å². The van der Waals surface area contributed by atoms with E-state index < -0.39 is 6.79 Å². The largest absolute Gasteiger partial charge is 1.00 e. The second-order valence-electron chi connectivity index (χ2n) is 0.999. The van der Waals surface area contributed by atoms with Gasteiger partial charge in [0.25, 0.3) is 0 Å². The fraction of sp³-hybridized carbons (Fsp3) is 0.750. The number of hydrogen-bond donors (Lipinski definition) is 1. The van der Waals surface area contributed by atoms with Crippen LogP contribution < -0.4 is 51.4 Å². The first-order chi connectivity index (χ1) is 3.31. The molecular weight excluding hydrogens is 135 g/mol. The van der Waals surface area contributed by atoms with Crippen LogP contribution in [0.1, 0.15) is 14.8 Å². The molecule has 3 nitrogen and oxygen atoms in total. The van der Waals surface area contributed by atoms with Gasteiger partial charge in [-0.3, -0.25) is 4.79 Å². The van der Waals surface area contributed by atoms with Gasteiger partial charge in [0.05, 0.1) is 0 Å². The maximum absolute atomic E-state index is 10.0. The summed E-state index contributed by atoms with van der Waals surface area (Å²) in [7, 11) is 0. The van der Waals surface area contributed by atoms with Crippen LogP contribution in [-0.2, 0) is 9.53 Å². The molecule has 0 amide bonds. The summed E-state index contributed by atoms with van der Waals surface area (Å²) in [4.78, 5) is 10.0. The van der Waals surface area contributed by atoms with E-state index in [9.17, 15) is 4.79 Å². The predicted octanol–water partition coefficient (Wildman–Crippen LogP) is -2.99. The maximum Gasteiger partial charge on any atom is 1.00 e. The number of ether oxygens (including phenoxy) is 1. The molecule has 0 aromatic rings. The van der Waals surface area contributed by atoms with Crippen molar-refractivity contribution < 1.29 is 67.4 Å².